The van der Waals surface area contributed by atoms with Crippen LogP contribution in [0.15, 0.2) is 65.8 Å². The Bertz CT molecular complexity index is 1250. The van der Waals surface area contributed by atoms with Crippen LogP contribution in [0, 0.1) is 6.92 Å². The minimum atomic E-state index is -0.994. The number of nitrogens with zero attached hydrogens (tertiary/aromatic N) is 1. The van der Waals surface area contributed by atoms with E-state index >= 15 is 0 Å². The zero-order valence-electron chi connectivity index (χ0n) is 17.9. The SMILES string of the molecule is COCc1cc(C2=IC(c3cc(C(=O)O)ccc3OC)=NO2)ccc1-c1ccccc1C. The predicted octanol–water partition coefficient (Wildman–Crippen LogP) is 5.36. The van der Waals surface area contributed by atoms with Crippen LogP contribution in [-0.2, 0) is 16.2 Å². The van der Waals surface area contributed by atoms with Gasteiger partial charge in [-0.25, -0.2) is 4.79 Å². The Morgan fingerprint density at radius 1 is 1.03 bits per heavy atom. The molecule has 3 aromatic rings. The number of oxime groups is 1. The molecule has 7 heteroatoms. The lowest BCUT2D eigenvalue weighted by atomic mass is 9.95. The fourth-order valence-corrected chi connectivity index (χ4v) is 5.75. The third kappa shape index (κ3) is 4.44. The van der Waals surface area contributed by atoms with E-state index in [-0.39, 0.29) is 5.56 Å². The van der Waals surface area contributed by atoms with Crippen LogP contribution >= 0.6 is 20.7 Å². The molecule has 0 saturated heterocycles. The van der Waals surface area contributed by atoms with E-state index in [1.165, 1.54) is 17.2 Å². The van der Waals surface area contributed by atoms with Crippen LogP contribution in [0.25, 0.3) is 11.1 Å². The highest BCUT2D eigenvalue weighted by Crippen LogP contribution is 2.33. The highest BCUT2D eigenvalue weighted by atomic mass is 127. The van der Waals surface area contributed by atoms with Crippen molar-refractivity contribution in [1.82, 2.24) is 0 Å². The minimum absolute atomic E-state index is 0.186. The molecule has 0 fully saturated rings. The van der Waals surface area contributed by atoms with E-state index in [0.29, 0.717) is 17.9 Å². The van der Waals surface area contributed by atoms with Gasteiger partial charge in [-0.1, -0.05) is 41.6 Å². The number of ether oxygens (including phenoxy) is 2. The van der Waals surface area contributed by atoms with Crippen molar-refractivity contribution in [2.24, 2.45) is 5.16 Å². The van der Waals surface area contributed by atoms with Crippen molar-refractivity contribution in [2.45, 2.75) is 13.5 Å². The van der Waals surface area contributed by atoms with E-state index in [9.17, 15) is 9.90 Å². The molecule has 1 aliphatic rings. The van der Waals surface area contributed by atoms with E-state index in [0.717, 1.165) is 24.1 Å². The first-order chi connectivity index (χ1) is 15.5. The average Bonchev–Trinajstić information content (AvgIpc) is 3.29. The second-order valence-electron chi connectivity index (χ2n) is 7.18. The van der Waals surface area contributed by atoms with Gasteiger partial charge < -0.3 is 19.4 Å². The summed E-state index contributed by atoms with van der Waals surface area (Å²) in [5.74, 6) is -0.417. The second-order valence-corrected chi connectivity index (χ2v) is 9.72. The van der Waals surface area contributed by atoms with Gasteiger partial charge in [-0.15, -0.1) is 0 Å². The summed E-state index contributed by atoms with van der Waals surface area (Å²) in [6.45, 7) is 2.57. The maximum Gasteiger partial charge on any atom is 0.335 e. The lowest BCUT2D eigenvalue weighted by Crippen LogP contribution is -2.02. The summed E-state index contributed by atoms with van der Waals surface area (Å²) >= 11 is -0.766. The molecule has 4 rings (SSSR count). The summed E-state index contributed by atoms with van der Waals surface area (Å²) < 4.78 is 12.4. The predicted molar refractivity (Wildman–Crippen MR) is 133 cm³/mol. The van der Waals surface area contributed by atoms with Gasteiger partial charge in [-0.05, 0) is 74.2 Å². The van der Waals surface area contributed by atoms with Gasteiger partial charge >= 0.3 is 5.97 Å². The lowest BCUT2D eigenvalue weighted by molar-refractivity contribution is 0.0697. The highest BCUT2D eigenvalue weighted by molar-refractivity contribution is 14.2. The van der Waals surface area contributed by atoms with Crippen molar-refractivity contribution in [3.63, 3.8) is 0 Å². The Balaban J connectivity index is 1.71. The van der Waals surface area contributed by atoms with Gasteiger partial charge in [-0.3, -0.25) is 0 Å². The van der Waals surface area contributed by atoms with E-state index in [1.54, 1.807) is 26.4 Å². The summed E-state index contributed by atoms with van der Waals surface area (Å²) in [6, 6.07) is 19.2. The van der Waals surface area contributed by atoms with Gasteiger partial charge in [0, 0.05) is 12.7 Å². The smallest absolute Gasteiger partial charge is 0.335 e. The number of rotatable bonds is 7. The molecule has 164 valence electrons. The van der Waals surface area contributed by atoms with E-state index in [1.807, 2.05) is 18.2 Å². The fourth-order valence-electron chi connectivity index (χ4n) is 3.53. The molecule has 3 aromatic carbocycles. The van der Waals surface area contributed by atoms with Crippen molar-refractivity contribution in [3.8, 4) is 16.9 Å². The first-order valence-electron chi connectivity index (χ1n) is 9.88. The molecule has 0 aliphatic carbocycles. The van der Waals surface area contributed by atoms with Crippen molar-refractivity contribution < 1.29 is 24.2 Å². The molecule has 1 heterocycles. The number of methoxy groups -OCH3 is 2. The molecule has 0 unspecified atom stereocenters. The average molecular weight is 543 g/mol. The Labute approximate surface area is 196 Å². The van der Waals surface area contributed by atoms with Crippen molar-refractivity contribution in [3.05, 3.63) is 88.5 Å². The quantitative estimate of drug-likeness (QED) is 0.407. The van der Waals surface area contributed by atoms with Crippen molar-refractivity contribution in [2.75, 3.05) is 14.2 Å². The monoisotopic (exact) mass is 543 g/mol. The van der Waals surface area contributed by atoms with Gasteiger partial charge in [0.15, 0.2) is 3.69 Å². The zero-order chi connectivity index (χ0) is 22.7. The van der Waals surface area contributed by atoms with Gasteiger partial charge in [0.1, 0.15) is 9.47 Å². The Morgan fingerprint density at radius 2 is 1.84 bits per heavy atom. The van der Waals surface area contributed by atoms with Gasteiger partial charge in [-0.2, -0.15) is 0 Å². The number of carbonyl (C=O) groups is 1. The maximum absolute atomic E-state index is 11.4. The topological polar surface area (TPSA) is 77.4 Å². The summed E-state index contributed by atoms with van der Waals surface area (Å²) in [4.78, 5) is 17.1. The number of aryl methyl sites for hydroxylation is 1. The molecule has 0 amide bonds. The van der Waals surface area contributed by atoms with Gasteiger partial charge in [0.05, 0.1) is 24.8 Å². The number of hydrogen-bond acceptors (Lipinski definition) is 5. The number of benzene rings is 3. The van der Waals surface area contributed by atoms with Crippen LogP contribution in [-0.4, -0.2) is 32.7 Å². The third-order valence-electron chi connectivity index (χ3n) is 5.12. The molecule has 0 atom stereocenters. The first-order valence-corrected chi connectivity index (χ1v) is 12.0. The van der Waals surface area contributed by atoms with Gasteiger partial charge in [0.25, 0.3) is 0 Å². The Kier molecular flexibility index (Phi) is 6.66. The molecule has 1 aliphatic heterocycles. The molecular formula is C25H22INO5. The molecule has 1 N–H and O–H groups in total. The second kappa shape index (κ2) is 9.62. The normalized spacial score (nSPS) is 13.0. The molecule has 0 radical (unpaired) electrons. The van der Waals surface area contributed by atoms with Crippen molar-refractivity contribution >= 4 is 34.1 Å². The molecule has 6 nitrogen and oxygen atoms in total. The minimum Gasteiger partial charge on any atom is -0.496 e. The summed E-state index contributed by atoms with van der Waals surface area (Å²) in [7, 11) is 3.24. The standard InChI is InChI=1S/C25H22INO5/c1-15-6-4-5-7-19(15)20-10-8-16(12-18(20)14-30-2)24-26-23(27-32-24)21-13-17(25(28)29)9-11-22(21)31-3/h4-13H,14H2,1-3H3,(H,28,29). The third-order valence-corrected chi connectivity index (χ3v) is 7.72. The van der Waals surface area contributed by atoms with Crippen LogP contribution in [0.5, 0.6) is 5.75 Å². The maximum atomic E-state index is 11.4. The first kappa shape index (κ1) is 22.2. The highest BCUT2D eigenvalue weighted by Gasteiger charge is 2.21. The number of hydrogen-bond donors (Lipinski definition) is 1. The number of aromatic carboxylic acids is 1. The zero-order valence-corrected chi connectivity index (χ0v) is 20.0. The van der Waals surface area contributed by atoms with E-state index in [2.05, 4.69) is 36.3 Å². The van der Waals surface area contributed by atoms with Crippen LogP contribution < -0.4 is 4.74 Å². The Morgan fingerprint density at radius 3 is 2.56 bits per heavy atom. The Hall–Kier alpha value is -3.04. The van der Waals surface area contributed by atoms with Crippen LogP contribution in [0.3, 0.4) is 0 Å². The van der Waals surface area contributed by atoms with Crippen LogP contribution in [0.4, 0.5) is 0 Å². The summed E-state index contributed by atoms with van der Waals surface area (Å²) in [5, 5.41) is 13.6. The lowest BCUT2D eigenvalue weighted by Gasteiger charge is -2.13. The number of carboxylic acids is 1. The van der Waals surface area contributed by atoms with E-state index < -0.39 is 26.7 Å². The largest absolute Gasteiger partial charge is 0.496 e. The van der Waals surface area contributed by atoms with Gasteiger partial charge in [0.2, 0.25) is 0 Å². The van der Waals surface area contributed by atoms with Crippen LogP contribution in [0.2, 0.25) is 0 Å². The van der Waals surface area contributed by atoms with Crippen LogP contribution in [0.1, 0.15) is 32.6 Å². The summed E-state index contributed by atoms with van der Waals surface area (Å²) in [6.07, 6.45) is 0. The molecule has 32 heavy (non-hydrogen) atoms. The van der Waals surface area contributed by atoms with Crippen molar-refractivity contribution in [1.29, 1.82) is 0 Å². The molecule has 0 aromatic heterocycles. The fraction of sp³-hybridized carbons (Fsp3) is 0.160. The molecule has 0 saturated carbocycles. The number of carboxylic acid groups (broad SMARTS) is 1. The molecular weight excluding hydrogens is 521 g/mol. The summed E-state index contributed by atoms with van der Waals surface area (Å²) in [5.41, 5.74) is 6.36. The van der Waals surface area contributed by atoms with E-state index in [4.69, 9.17) is 14.3 Å². The molecule has 0 bridgehead atoms. The number of halogens is 1. The molecule has 0 spiro atoms.